The monoisotopic (exact) mass is 251 g/mol. The van der Waals surface area contributed by atoms with Crippen molar-refractivity contribution in [2.24, 2.45) is 0 Å². The van der Waals surface area contributed by atoms with Crippen LogP contribution in [0.25, 0.3) is 0 Å². The highest BCUT2D eigenvalue weighted by atomic mass is 19.1. The predicted octanol–water partition coefficient (Wildman–Crippen LogP) is 1.69. The fourth-order valence-electron chi connectivity index (χ4n) is 2.43. The highest BCUT2D eigenvalue weighted by Gasteiger charge is 2.13. The minimum absolute atomic E-state index is 0.143. The minimum atomic E-state index is -0.143. The summed E-state index contributed by atoms with van der Waals surface area (Å²) < 4.78 is 13.6. The fourth-order valence-corrected chi connectivity index (χ4v) is 2.43. The zero-order valence-electron chi connectivity index (χ0n) is 11.2. The van der Waals surface area contributed by atoms with Crippen LogP contribution in [0.15, 0.2) is 18.2 Å². The van der Waals surface area contributed by atoms with Gasteiger partial charge in [-0.3, -0.25) is 0 Å². The van der Waals surface area contributed by atoms with E-state index in [2.05, 4.69) is 28.2 Å². The SMILES string of the molecule is CNCc1cc(F)cc(N2CCCN(C)CC2)c1. The number of benzene rings is 1. The first-order valence-corrected chi connectivity index (χ1v) is 6.56. The molecule has 0 unspecified atom stereocenters. The highest BCUT2D eigenvalue weighted by molar-refractivity contribution is 5.49. The van der Waals surface area contributed by atoms with Crippen molar-refractivity contribution in [3.63, 3.8) is 0 Å². The third-order valence-corrected chi connectivity index (χ3v) is 3.41. The number of hydrogen-bond acceptors (Lipinski definition) is 3. The zero-order chi connectivity index (χ0) is 13.0. The van der Waals surface area contributed by atoms with Crippen molar-refractivity contribution in [3.05, 3.63) is 29.6 Å². The molecule has 1 heterocycles. The third-order valence-electron chi connectivity index (χ3n) is 3.41. The Labute approximate surface area is 109 Å². The minimum Gasteiger partial charge on any atom is -0.370 e. The van der Waals surface area contributed by atoms with E-state index in [1.54, 1.807) is 12.1 Å². The number of nitrogens with one attached hydrogen (secondary N) is 1. The lowest BCUT2D eigenvalue weighted by Crippen LogP contribution is -2.28. The maximum Gasteiger partial charge on any atom is 0.125 e. The van der Waals surface area contributed by atoms with E-state index in [0.29, 0.717) is 6.54 Å². The Morgan fingerprint density at radius 1 is 1.17 bits per heavy atom. The molecule has 4 heteroatoms. The molecule has 0 saturated carbocycles. The Morgan fingerprint density at radius 3 is 2.78 bits per heavy atom. The first-order chi connectivity index (χ1) is 8.69. The van der Waals surface area contributed by atoms with E-state index in [1.165, 1.54) is 0 Å². The molecule has 1 aromatic rings. The second-order valence-corrected chi connectivity index (χ2v) is 4.99. The van der Waals surface area contributed by atoms with Gasteiger partial charge in [0, 0.05) is 31.9 Å². The van der Waals surface area contributed by atoms with Crippen LogP contribution in [0.4, 0.5) is 10.1 Å². The number of rotatable bonds is 3. The molecule has 1 fully saturated rings. The maximum atomic E-state index is 13.6. The van der Waals surface area contributed by atoms with E-state index in [-0.39, 0.29) is 5.82 Å². The summed E-state index contributed by atoms with van der Waals surface area (Å²) >= 11 is 0. The molecule has 1 aliphatic rings. The lowest BCUT2D eigenvalue weighted by molar-refractivity contribution is 0.360. The Bertz CT molecular complexity index is 395. The molecule has 1 N–H and O–H groups in total. The van der Waals surface area contributed by atoms with Crippen LogP contribution in [0.2, 0.25) is 0 Å². The molecule has 18 heavy (non-hydrogen) atoms. The van der Waals surface area contributed by atoms with Crippen molar-refractivity contribution in [2.75, 3.05) is 45.2 Å². The molecule has 100 valence electrons. The number of halogens is 1. The predicted molar refractivity (Wildman–Crippen MR) is 73.5 cm³/mol. The Balaban J connectivity index is 2.15. The van der Waals surface area contributed by atoms with Crippen molar-refractivity contribution in [2.45, 2.75) is 13.0 Å². The summed E-state index contributed by atoms with van der Waals surface area (Å²) in [6.07, 6.45) is 1.13. The van der Waals surface area contributed by atoms with E-state index < -0.39 is 0 Å². The van der Waals surface area contributed by atoms with Gasteiger partial charge in [0.05, 0.1) is 0 Å². The normalized spacial score (nSPS) is 17.8. The van der Waals surface area contributed by atoms with E-state index in [4.69, 9.17) is 0 Å². The fraction of sp³-hybridized carbons (Fsp3) is 0.571. The van der Waals surface area contributed by atoms with Gasteiger partial charge in [0.1, 0.15) is 5.82 Å². The maximum absolute atomic E-state index is 13.6. The van der Waals surface area contributed by atoms with Gasteiger partial charge in [-0.1, -0.05) is 0 Å². The average molecular weight is 251 g/mol. The molecule has 0 radical (unpaired) electrons. The lowest BCUT2D eigenvalue weighted by Gasteiger charge is -2.23. The molecule has 0 atom stereocenters. The lowest BCUT2D eigenvalue weighted by atomic mass is 10.1. The van der Waals surface area contributed by atoms with Crippen LogP contribution in [0, 0.1) is 5.82 Å². The zero-order valence-corrected chi connectivity index (χ0v) is 11.2. The third kappa shape index (κ3) is 3.43. The van der Waals surface area contributed by atoms with Gasteiger partial charge in [-0.2, -0.15) is 0 Å². The Hall–Kier alpha value is -1.13. The van der Waals surface area contributed by atoms with Crippen molar-refractivity contribution in [3.8, 4) is 0 Å². The molecule has 2 rings (SSSR count). The Kier molecular flexibility index (Phi) is 4.55. The molecule has 1 aliphatic heterocycles. The number of hydrogen-bond donors (Lipinski definition) is 1. The molecule has 0 aromatic heterocycles. The molecule has 3 nitrogen and oxygen atoms in total. The van der Waals surface area contributed by atoms with Crippen LogP contribution in [0.1, 0.15) is 12.0 Å². The molecule has 0 aliphatic carbocycles. The quantitative estimate of drug-likeness (QED) is 0.882. The van der Waals surface area contributed by atoms with Gasteiger partial charge < -0.3 is 15.1 Å². The molecule has 1 aromatic carbocycles. The van der Waals surface area contributed by atoms with E-state index in [0.717, 1.165) is 43.9 Å². The van der Waals surface area contributed by atoms with Crippen LogP contribution in [0.3, 0.4) is 0 Å². The molecule has 1 saturated heterocycles. The average Bonchev–Trinajstić information content (AvgIpc) is 2.54. The highest BCUT2D eigenvalue weighted by Crippen LogP contribution is 2.20. The van der Waals surface area contributed by atoms with Crippen LogP contribution in [-0.2, 0) is 6.54 Å². The van der Waals surface area contributed by atoms with E-state index >= 15 is 0 Å². The summed E-state index contributed by atoms with van der Waals surface area (Å²) in [4.78, 5) is 4.61. The van der Waals surface area contributed by atoms with Gasteiger partial charge in [-0.15, -0.1) is 0 Å². The van der Waals surface area contributed by atoms with Crippen molar-refractivity contribution < 1.29 is 4.39 Å². The summed E-state index contributed by atoms with van der Waals surface area (Å²) in [7, 11) is 4.02. The topological polar surface area (TPSA) is 18.5 Å². The molecular weight excluding hydrogens is 229 g/mol. The van der Waals surface area contributed by atoms with Gasteiger partial charge in [0.2, 0.25) is 0 Å². The summed E-state index contributed by atoms with van der Waals surface area (Å²) in [5.74, 6) is -0.143. The second-order valence-electron chi connectivity index (χ2n) is 4.99. The van der Waals surface area contributed by atoms with Gasteiger partial charge in [-0.05, 0) is 50.8 Å². The molecule has 0 spiro atoms. The molecular formula is C14H22FN3. The first kappa shape index (κ1) is 13.3. The van der Waals surface area contributed by atoms with Gasteiger partial charge in [-0.25, -0.2) is 4.39 Å². The van der Waals surface area contributed by atoms with Gasteiger partial charge in [0.15, 0.2) is 0 Å². The smallest absolute Gasteiger partial charge is 0.125 e. The van der Waals surface area contributed by atoms with Crippen LogP contribution >= 0.6 is 0 Å². The number of anilines is 1. The molecule has 0 amide bonds. The van der Waals surface area contributed by atoms with Gasteiger partial charge in [0.25, 0.3) is 0 Å². The van der Waals surface area contributed by atoms with Crippen molar-refractivity contribution in [1.82, 2.24) is 10.2 Å². The van der Waals surface area contributed by atoms with E-state index in [1.807, 2.05) is 7.05 Å². The number of likely N-dealkylation sites (N-methyl/N-ethyl adjacent to an activating group) is 1. The van der Waals surface area contributed by atoms with Crippen LogP contribution < -0.4 is 10.2 Å². The first-order valence-electron chi connectivity index (χ1n) is 6.56. The summed E-state index contributed by atoms with van der Waals surface area (Å²) in [5.41, 5.74) is 2.01. The summed E-state index contributed by atoms with van der Waals surface area (Å²) in [6, 6.07) is 5.33. The van der Waals surface area contributed by atoms with Crippen LogP contribution in [-0.4, -0.2) is 45.2 Å². The number of nitrogens with zero attached hydrogens (tertiary/aromatic N) is 2. The van der Waals surface area contributed by atoms with E-state index in [9.17, 15) is 4.39 Å². The Morgan fingerprint density at radius 2 is 2.00 bits per heavy atom. The standard InChI is InChI=1S/C14H22FN3/c1-16-11-12-8-13(15)10-14(9-12)18-5-3-4-17(2)6-7-18/h8-10,16H,3-7,11H2,1-2H3. The van der Waals surface area contributed by atoms with Gasteiger partial charge >= 0.3 is 0 Å². The molecule has 0 bridgehead atoms. The van der Waals surface area contributed by atoms with Crippen molar-refractivity contribution >= 4 is 5.69 Å². The van der Waals surface area contributed by atoms with Crippen molar-refractivity contribution in [1.29, 1.82) is 0 Å². The second kappa shape index (κ2) is 6.16. The largest absolute Gasteiger partial charge is 0.370 e. The van der Waals surface area contributed by atoms with Crippen LogP contribution in [0.5, 0.6) is 0 Å². The summed E-state index contributed by atoms with van der Waals surface area (Å²) in [5, 5.41) is 3.07. The summed E-state index contributed by atoms with van der Waals surface area (Å²) in [6.45, 7) is 4.84.